The number of allylic oxidation sites excluding steroid dienone is 1. The molecule has 0 bridgehead atoms. The molecule has 0 radical (unpaired) electrons. The molecule has 0 fully saturated rings. The highest BCUT2D eigenvalue weighted by molar-refractivity contribution is 7.07. The molecule has 1 aromatic heterocycles. The SMILES string of the molecule is CCN1C(=O)/C(=c2/sc3n(c2=O)[C@@H](c2ccc(Cl)cc2)C(C(=O)Nc2ccccc2)=C(C)N=3)c2ccccc21. The minimum atomic E-state index is -0.759. The monoisotopic (exact) mass is 554 g/mol. The second kappa shape index (κ2) is 9.80. The molecule has 0 unspecified atom stereocenters. The van der Waals surface area contributed by atoms with E-state index in [2.05, 4.69) is 5.32 Å². The number of aromatic nitrogens is 1. The number of benzene rings is 3. The highest BCUT2D eigenvalue weighted by atomic mass is 35.5. The predicted octanol–water partition coefficient (Wildman–Crippen LogP) is 4.26. The van der Waals surface area contributed by atoms with Crippen molar-refractivity contribution in [2.45, 2.75) is 19.9 Å². The van der Waals surface area contributed by atoms with E-state index >= 15 is 0 Å². The van der Waals surface area contributed by atoms with Crippen LogP contribution in [0.25, 0.3) is 5.57 Å². The quantitative estimate of drug-likeness (QED) is 0.409. The number of amides is 2. The summed E-state index contributed by atoms with van der Waals surface area (Å²) in [5.41, 5.74) is 3.67. The van der Waals surface area contributed by atoms with Crippen LogP contribution in [0.3, 0.4) is 0 Å². The third-order valence-corrected chi connectivity index (χ3v) is 8.23. The molecule has 0 spiro atoms. The van der Waals surface area contributed by atoms with Crippen molar-refractivity contribution in [2.75, 3.05) is 16.8 Å². The summed E-state index contributed by atoms with van der Waals surface area (Å²) in [6.07, 6.45) is 0. The molecule has 1 atom stereocenters. The van der Waals surface area contributed by atoms with E-state index in [1.165, 1.54) is 15.9 Å². The number of rotatable bonds is 4. The number of para-hydroxylation sites is 2. The maximum Gasteiger partial charge on any atom is 0.271 e. The Bertz CT molecular complexity index is 1860. The number of nitrogens with one attached hydrogen (secondary N) is 1. The van der Waals surface area contributed by atoms with Gasteiger partial charge in [-0.15, -0.1) is 0 Å². The molecule has 7 nitrogen and oxygen atoms in total. The molecule has 39 heavy (non-hydrogen) atoms. The van der Waals surface area contributed by atoms with Gasteiger partial charge in [-0.25, -0.2) is 4.99 Å². The maximum atomic E-state index is 14.2. The summed E-state index contributed by atoms with van der Waals surface area (Å²) in [5.74, 6) is -0.579. The van der Waals surface area contributed by atoms with Crippen LogP contribution in [0.15, 0.2) is 99.9 Å². The van der Waals surface area contributed by atoms with Crippen molar-refractivity contribution in [3.63, 3.8) is 0 Å². The molecule has 6 rings (SSSR count). The van der Waals surface area contributed by atoms with Gasteiger partial charge in [-0.3, -0.25) is 19.0 Å². The van der Waals surface area contributed by atoms with Gasteiger partial charge in [0.15, 0.2) is 4.80 Å². The number of carbonyl (C=O) groups is 2. The lowest BCUT2D eigenvalue weighted by Crippen LogP contribution is -2.41. The molecular formula is C30H23ClN4O3S. The first-order valence-corrected chi connectivity index (χ1v) is 13.7. The molecule has 1 N–H and O–H groups in total. The van der Waals surface area contributed by atoms with Crippen molar-refractivity contribution in [2.24, 2.45) is 4.99 Å². The minimum Gasteiger partial charge on any atom is -0.322 e. The number of halogens is 1. The van der Waals surface area contributed by atoms with Gasteiger partial charge < -0.3 is 10.2 Å². The Kier molecular flexibility index (Phi) is 6.29. The number of thiazole rings is 1. The van der Waals surface area contributed by atoms with Crippen molar-refractivity contribution in [1.29, 1.82) is 0 Å². The third-order valence-electron chi connectivity index (χ3n) is 6.93. The van der Waals surface area contributed by atoms with Crippen molar-refractivity contribution in [3.05, 3.63) is 126 Å². The highest BCUT2D eigenvalue weighted by Crippen LogP contribution is 2.35. The van der Waals surface area contributed by atoms with E-state index in [-0.39, 0.29) is 17.4 Å². The Morgan fingerprint density at radius 2 is 1.69 bits per heavy atom. The van der Waals surface area contributed by atoms with E-state index in [0.717, 1.165) is 11.3 Å². The molecule has 0 saturated heterocycles. The summed E-state index contributed by atoms with van der Waals surface area (Å²) < 4.78 is 1.83. The first-order chi connectivity index (χ1) is 18.9. The maximum absolute atomic E-state index is 14.2. The molecule has 9 heteroatoms. The Morgan fingerprint density at radius 1 is 1.00 bits per heavy atom. The lowest BCUT2D eigenvalue weighted by atomic mass is 9.95. The largest absolute Gasteiger partial charge is 0.322 e. The van der Waals surface area contributed by atoms with Crippen molar-refractivity contribution < 1.29 is 9.59 Å². The molecule has 3 heterocycles. The van der Waals surface area contributed by atoms with Crippen LogP contribution in [-0.2, 0) is 9.59 Å². The third kappa shape index (κ3) is 4.13. The van der Waals surface area contributed by atoms with Crippen LogP contribution in [0.2, 0.25) is 5.02 Å². The number of hydrogen-bond donors (Lipinski definition) is 1. The molecule has 3 aromatic carbocycles. The Labute approximate surface area is 233 Å². The standard InChI is InChI=1S/C30H23ClN4O3S/c1-3-34-22-12-8-7-11-21(22)24(28(34)37)26-29(38)35-25(18-13-15-19(31)16-14-18)23(17(2)32-30(35)39-26)27(36)33-20-9-5-4-6-10-20/h4-16,25H,3H2,1-2H3,(H,33,36)/b26-24+/t25-/m0/s1. The molecule has 194 valence electrons. The van der Waals surface area contributed by atoms with Gasteiger partial charge in [0.2, 0.25) is 0 Å². The summed E-state index contributed by atoms with van der Waals surface area (Å²) in [4.78, 5) is 48.2. The summed E-state index contributed by atoms with van der Waals surface area (Å²) >= 11 is 7.35. The molecule has 0 saturated carbocycles. The number of carbonyl (C=O) groups excluding carboxylic acids is 2. The zero-order chi connectivity index (χ0) is 27.3. The van der Waals surface area contributed by atoms with E-state index in [1.54, 1.807) is 48.2 Å². The van der Waals surface area contributed by atoms with Gasteiger partial charge in [0, 0.05) is 22.8 Å². The van der Waals surface area contributed by atoms with Gasteiger partial charge in [-0.05, 0) is 49.7 Å². The fourth-order valence-corrected chi connectivity index (χ4v) is 6.42. The number of fused-ring (bicyclic) bond motifs is 2. The zero-order valence-corrected chi connectivity index (χ0v) is 22.7. The van der Waals surface area contributed by atoms with E-state index < -0.39 is 6.04 Å². The number of nitrogens with zero attached hydrogens (tertiary/aromatic N) is 3. The number of likely N-dealkylation sites (N-methyl/N-ethyl adjacent to an activating group) is 1. The molecule has 0 aliphatic carbocycles. The minimum absolute atomic E-state index is 0.218. The van der Waals surface area contributed by atoms with Crippen LogP contribution in [0.5, 0.6) is 0 Å². The first-order valence-electron chi connectivity index (χ1n) is 12.5. The lowest BCUT2D eigenvalue weighted by molar-refractivity contribution is -0.114. The summed E-state index contributed by atoms with van der Waals surface area (Å²) in [6, 6.07) is 22.9. The van der Waals surface area contributed by atoms with Gasteiger partial charge in [0.1, 0.15) is 4.53 Å². The lowest BCUT2D eigenvalue weighted by Gasteiger charge is -2.25. The average molecular weight is 555 g/mol. The van der Waals surface area contributed by atoms with Crippen LogP contribution >= 0.6 is 22.9 Å². The van der Waals surface area contributed by atoms with Crippen molar-refractivity contribution >= 4 is 51.7 Å². The van der Waals surface area contributed by atoms with Crippen LogP contribution in [0, 0.1) is 0 Å². The Morgan fingerprint density at radius 3 is 2.41 bits per heavy atom. The van der Waals surface area contributed by atoms with Gasteiger partial charge in [-0.1, -0.05) is 71.5 Å². The Hall–Kier alpha value is -4.27. The first kappa shape index (κ1) is 25.0. The van der Waals surface area contributed by atoms with Gasteiger partial charge in [0.25, 0.3) is 17.4 Å². The van der Waals surface area contributed by atoms with E-state index in [9.17, 15) is 14.4 Å². The van der Waals surface area contributed by atoms with Gasteiger partial charge in [-0.2, -0.15) is 0 Å². The second-order valence-electron chi connectivity index (χ2n) is 9.22. The van der Waals surface area contributed by atoms with E-state index in [4.69, 9.17) is 16.6 Å². The normalized spacial score (nSPS) is 17.6. The van der Waals surface area contributed by atoms with Crippen molar-refractivity contribution in [3.8, 4) is 0 Å². The summed E-state index contributed by atoms with van der Waals surface area (Å²) in [7, 11) is 0. The summed E-state index contributed by atoms with van der Waals surface area (Å²) in [6.45, 7) is 4.15. The predicted molar refractivity (Wildman–Crippen MR) is 154 cm³/mol. The van der Waals surface area contributed by atoms with Crippen LogP contribution < -0.4 is 25.1 Å². The van der Waals surface area contributed by atoms with Gasteiger partial charge in [0.05, 0.1) is 28.6 Å². The smallest absolute Gasteiger partial charge is 0.271 e. The van der Waals surface area contributed by atoms with Crippen LogP contribution in [0.4, 0.5) is 11.4 Å². The fourth-order valence-electron chi connectivity index (χ4n) is 5.16. The topological polar surface area (TPSA) is 83.8 Å². The number of anilines is 2. The molecule has 2 aliphatic heterocycles. The molecule has 2 aliphatic rings. The van der Waals surface area contributed by atoms with E-state index in [0.29, 0.717) is 49.0 Å². The van der Waals surface area contributed by atoms with Gasteiger partial charge >= 0.3 is 0 Å². The van der Waals surface area contributed by atoms with E-state index in [1.807, 2.05) is 49.4 Å². The van der Waals surface area contributed by atoms with Crippen LogP contribution in [0.1, 0.15) is 31.0 Å². The molecular weight excluding hydrogens is 532 g/mol. The van der Waals surface area contributed by atoms with Crippen LogP contribution in [-0.4, -0.2) is 22.9 Å². The fraction of sp³-hybridized carbons (Fsp3) is 0.133. The molecule has 4 aromatic rings. The average Bonchev–Trinajstić information content (AvgIpc) is 3.40. The second-order valence-corrected chi connectivity index (χ2v) is 10.6. The zero-order valence-electron chi connectivity index (χ0n) is 21.1. The number of hydrogen-bond acceptors (Lipinski definition) is 5. The highest BCUT2D eigenvalue weighted by Gasteiger charge is 2.36. The summed E-state index contributed by atoms with van der Waals surface area (Å²) in [5, 5.41) is 3.48. The molecule has 2 amide bonds. The van der Waals surface area contributed by atoms with Crippen molar-refractivity contribution in [1.82, 2.24) is 4.57 Å². The Balaban J connectivity index is 1.59.